The summed E-state index contributed by atoms with van der Waals surface area (Å²) < 4.78 is 0. The van der Waals surface area contributed by atoms with Crippen LogP contribution in [0.4, 0.5) is 0 Å². The van der Waals surface area contributed by atoms with Crippen molar-refractivity contribution in [1.29, 1.82) is 0 Å². The predicted octanol–water partition coefficient (Wildman–Crippen LogP) is 1.72. The number of rotatable bonds is 5. The third-order valence-corrected chi connectivity index (χ3v) is 3.68. The molecule has 1 aliphatic carbocycles. The number of nitrogens with one attached hydrogen (secondary N) is 1. The molecule has 1 fully saturated rings. The van der Waals surface area contributed by atoms with Gasteiger partial charge in [0.2, 0.25) is 11.8 Å². The molecular formula is C14H24N2O2. The highest BCUT2D eigenvalue weighted by atomic mass is 16.2. The van der Waals surface area contributed by atoms with E-state index in [0.29, 0.717) is 5.92 Å². The summed E-state index contributed by atoms with van der Waals surface area (Å²) in [5.41, 5.74) is 0. The van der Waals surface area contributed by atoms with Crippen molar-refractivity contribution in [2.45, 2.75) is 45.1 Å². The number of amides is 2. The molecule has 4 heteroatoms. The standard InChI is InChI=1S/C14H24N2O2/c1-4-14(18)16(3)10-13(17)15-11(2)12-8-6-5-7-9-12/h4,11-12H,1,5-10H2,2-3H3,(H,15,17). The molecule has 0 aromatic heterocycles. The van der Waals surface area contributed by atoms with E-state index in [1.165, 1.54) is 43.1 Å². The van der Waals surface area contributed by atoms with Gasteiger partial charge in [-0.15, -0.1) is 0 Å². The minimum absolute atomic E-state index is 0.0919. The van der Waals surface area contributed by atoms with Crippen molar-refractivity contribution in [3.05, 3.63) is 12.7 Å². The van der Waals surface area contributed by atoms with Gasteiger partial charge in [-0.1, -0.05) is 25.8 Å². The van der Waals surface area contributed by atoms with Crippen LogP contribution in [0.5, 0.6) is 0 Å². The molecule has 102 valence electrons. The molecule has 1 N–H and O–H groups in total. The second-order valence-corrected chi connectivity index (χ2v) is 5.15. The highest BCUT2D eigenvalue weighted by molar-refractivity contribution is 5.90. The van der Waals surface area contributed by atoms with Gasteiger partial charge in [-0.3, -0.25) is 9.59 Å². The normalized spacial score (nSPS) is 17.9. The van der Waals surface area contributed by atoms with Crippen LogP contribution in [0, 0.1) is 5.92 Å². The van der Waals surface area contributed by atoms with E-state index in [0.717, 1.165) is 0 Å². The van der Waals surface area contributed by atoms with Gasteiger partial charge < -0.3 is 10.2 Å². The van der Waals surface area contributed by atoms with E-state index >= 15 is 0 Å². The lowest BCUT2D eigenvalue weighted by atomic mass is 9.84. The van der Waals surface area contributed by atoms with Crippen molar-refractivity contribution >= 4 is 11.8 Å². The fraction of sp³-hybridized carbons (Fsp3) is 0.714. The van der Waals surface area contributed by atoms with Crippen molar-refractivity contribution in [2.24, 2.45) is 5.92 Å². The van der Waals surface area contributed by atoms with Crippen LogP contribution in [0.15, 0.2) is 12.7 Å². The molecule has 0 aromatic carbocycles. The van der Waals surface area contributed by atoms with Crippen molar-refractivity contribution in [1.82, 2.24) is 10.2 Å². The van der Waals surface area contributed by atoms with Crippen molar-refractivity contribution in [3.8, 4) is 0 Å². The molecule has 2 amide bonds. The van der Waals surface area contributed by atoms with E-state index in [1.54, 1.807) is 7.05 Å². The summed E-state index contributed by atoms with van der Waals surface area (Å²) >= 11 is 0. The maximum Gasteiger partial charge on any atom is 0.246 e. The Morgan fingerprint density at radius 3 is 2.56 bits per heavy atom. The van der Waals surface area contributed by atoms with Gasteiger partial charge in [0.15, 0.2) is 0 Å². The minimum Gasteiger partial charge on any atom is -0.352 e. The van der Waals surface area contributed by atoms with Crippen LogP contribution in [-0.4, -0.2) is 36.3 Å². The molecule has 0 heterocycles. The summed E-state index contributed by atoms with van der Waals surface area (Å²) in [6.07, 6.45) is 7.46. The second-order valence-electron chi connectivity index (χ2n) is 5.15. The number of nitrogens with zero attached hydrogens (tertiary/aromatic N) is 1. The molecule has 0 radical (unpaired) electrons. The summed E-state index contributed by atoms with van der Waals surface area (Å²) in [7, 11) is 1.61. The first-order valence-corrected chi connectivity index (χ1v) is 6.71. The number of carbonyl (C=O) groups excluding carboxylic acids is 2. The van der Waals surface area contributed by atoms with Gasteiger partial charge in [0.05, 0.1) is 6.54 Å². The van der Waals surface area contributed by atoms with E-state index in [-0.39, 0.29) is 24.4 Å². The Bertz CT molecular complexity index is 309. The SMILES string of the molecule is C=CC(=O)N(C)CC(=O)NC(C)C1CCCCC1. The Hall–Kier alpha value is -1.32. The maximum atomic E-state index is 11.8. The van der Waals surface area contributed by atoms with E-state index in [9.17, 15) is 9.59 Å². The molecule has 18 heavy (non-hydrogen) atoms. The highest BCUT2D eigenvalue weighted by Crippen LogP contribution is 2.26. The van der Waals surface area contributed by atoms with Gasteiger partial charge in [0.25, 0.3) is 0 Å². The largest absolute Gasteiger partial charge is 0.352 e. The molecule has 0 spiro atoms. The van der Waals surface area contributed by atoms with Gasteiger partial charge in [-0.2, -0.15) is 0 Å². The molecule has 0 aromatic rings. The topological polar surface area (TPSA) is 49.4 Å². The Kier molecular flexibility index (Phi) is 5.89. The van der Waals surface area contributed by atoms with Crippen LogP contribution in [0.2, 0.25) is 0 Å². The molecule has 0 saturated heterocycles. The van der Waals surface area contributed by atoms with Gasteiger partial charge >= 0.3 is 0 Å². The summed E-state index contributed by atoms with van der Waals surface area (Å²) in [6.45, 7) is 5.56. The molecule has 1 atom stereocenters. The zero-order chi connectivity index (χ0) is 13.5. The Labute approximate surface area is 109 Å². The van der Waals surface area contributed by atoms with Crippen LogP contribution in [0.1, 0.15) is 39.0 Å². The molecule has 1 aliphatic rings. The van der Waals surface area contributed by atoms with Crippen LogP contribution < -0.4 is 5.32 Å². The number of carbonyl (C=O) groups is 2. The summed E-state index contributed by atoms with van der Waals surface area (Å²) in [5, 5.41) is 2.99. The summed E-state index contributed by atoms with van der Waals surface area (Å²) in [6, 6.07) is 0.199. The van der Waals surface area contributed by atoms with E-state index in [1.807, 2.05) is 0 Å². The van der Waals surface area contributed by atoms with Gasteiger partial charge in [-0.05, 0) is 31.8 Å². The third kappa shape index (κ3) is 4.51. The van der Waals surface area contributed by atoms with E-state index in [4.69, 9.17) is 0 Å². The van der Waals surface area contributed by atoms with Gasteiger partial charge in [-0.25, -0.2) is 0 Å². The number of likely N-dealkylation sites (N-methyl/N-ethyl adjacent to an activating group) is 1. The number of hydrogen-bond donors (Lipinski definition) is 1. The van der Waals surface area contributed by atoms with E-state index < -0.39 is 0 Å². The lowest BCUT2D eigenvalue weighted by molar-refractivity contribution is -0.131. The molecule has 0 aliphatic heterocycles. The Balaban J connectivity index is 2.34. The fourth-order valence-electron chi connectivity index (χ4n) is 2.50. The smallest absolute Gasteiger partial charge is 0.246 e. The quantitative estimate of drug-likeness (QED) is 0.757. The lowest BCUT2D eigenvalue weighted by Gasteiger charge is -2.28. The maximum absolute atomic E-state index is 11.8. The summed E-state index contributed by atoms with van der Waals surface area (Å²) in [4.78, 5) is 24.4. The van der Waals surface area contributed by atoms with Crippen molar-refractivity contribution < 1.29 is 9.59 Å². The zero-order valence-electron chi connectivity index (χ0n) is 11.4. The lowest BCUT2D eigenvalue weighted by Crippen LogP contribution is -2.44. The van der Waals surface area contributed by atoms with Crippen LogP contribution in [-0.2, 0) is 9.59 Å². The van der Waals surface area contributed by atoms with Crippen molar-refractivity contribution in [2.75, 3.05) is 13.6 Å². The molecule has 4 nitrogen and oxygen atoms in total. The molecule has 1 saturated carbocycles. The summed E-state index contributed by atoms with van der Waals surface area (Å²) in [5.74, 6) is 0.268. The van der Waals surface area contributed by atoms with Gasteiger partial charge in [0.1, 0.15) is 0 Å². The predicted molar refractivity (Wildman–Crippen MR) is 72.0 cm³/mol. The van der Waals surface area contributed by atoms with Crippen molar-refractivity contribution in [3.63, 3.8) is 0 Å². The average Bonchev–Trinajstić information content (AvgIpc) is 2.38. The monoisotopic (exact) mass is 252 g/mol. The zero-order valence-corrected chi connectivity index (χ0v) is 11.4. The Morgan fingerprint density at radius 1 is 1.39 bits per heavy atom. The average molecular weight is 252 g/mol. The first-order chi connectivity index (χ1) is 8.54. The first kappa shape index (κ1) is 14.7. The third-order valence-electron chi connectivity index (χ3n) is 3.68. The highest BCUT2D eigenvalue weighted by Gasteiger charge is 2.21. The van der Waals surface area contributed by atoms with Gasteiger partial charge in [0, 0.05) is 13.1 Å². The molecule has 1 rings (SSSR count). The van der Waals surface area contributed by atoms with Crippen LogP contribution in [0.25, 0.3) is 0 Å². The molecule has 1 unspecified atom stereocenters. The van der Waals surface area contributed by atoms with E-state index in [2.05, 4.69) is 18.8 Å². The van der Waals surface area contributed by atoms with Crippen LogP contribution >= 0.6 is 0 Å². The molecular weight excluding hydrogens is 228 g/mol. The second kappa shape index (κ2) is 7.19. The van der Waals surface area contributed by atoms with Crippen LogP contribution in [0.3, 0.4) is 0 Å². The Morgan fingerprint density at radius 2 is 2.00 bits per heavy atom. The fourth-order valence-corrected chi connectivity index (χ4v) is 2.50. The number of hydrogen-bond acceptors (Lipinski definition) is 2. The minimum atomic E-state index is -0.226. The molecule has 0 bridgehead atoms. The first-order valence-electron chi connectivity index (χ1n) is 6.71.